The van der Waals surface area contributed by atoms with Crippen molar-refractivity contribution in [3.63, 3.8) is 0 Å². The number of fused-ring (bicyclic) bond motifs is 1. The zero-order valence-corrected chi connectivity index (χ0v) is 11.2. The fourth-order valence-corrected chi connectivity index (χ4v) is 2.42. The number of rotatable bonds is 4. The fraction of sp³-hybridized carbons (Fsp3) is 0.286. The average molecular weight is 255 g/mol. The summed E-state index contributed by atoms with van der Waals surface area (Å²) < 4.78 is 4.04. The van der Waals surface area contributed by atoms with E-state index in [4.69, 9.17) is 0 Å². The molecule has 2 heterocycles. The molecule has 0 fully saturated rings. The van der Waals surface area contributed by atoms with Crippen molar-refractivity contribution < 1.29 is 0 Å². The Morgan fingerprint density at radius 3 is 2.89 bits per heavy atom. The maximum atomic E-state index is 4.29. The van der Waals surface area contributed by atoms with Gasteiger partial charge in [0.15, 0.2) is 0 Å². The lowest BCUT2D eigenvalue weighted by atomic mass is 10.1. The molecule has 0 bridgehead atoms. The smallest absolute Gasteiger partial charge is 0.146 e. The van der Waals surface area contributed by atoms with Crippen LogP contribution >= 0.6 is 0 Å². The lowest BCUT2D eigenvalue weighted by Crippen LogP contribution is -2.09. The molecule has 0 radical (unpaired) electrons. The number of hydrogen-bond acceptors (Lipinski definition) is 3. The quantitative estimate of drug-likeness (QED) is 0.769. The van der Waals surface area contributed by atoms with Gasteiger partial charge in [-0.2, -0.15) is 5.10 Å². The molecule has 0 aliphatic rings. The highest BCUT2D eigenvalue weighted by atomic mass is 15.3. The minimum absolute atomic E-state index is 0.737. The Kier molecular flexibility index (Phi) is 3.05. The van der Waals surface area contributed by atoms with E-state index in [0.29, 0.717) is 0 Å². The molecule has 0 aliphatic heterocycles. The highest BCUT2D eigenvalue weighted by molar-refractivity contribution is 5.83. The molecule has 0 saturated heterocycles. The normalized spacial score (nSPS) is 11.3. The van der Waals surface area contributed by atoms with E-state index in [0.717, 1.165) is 18.9 Å². The van der Waals surface area contributed by atoms with Gasteiger partial charge in [0.2, 0.25) is 0 Å². The van der Waals surface area contributed by atoms with Gasteiger partial charge in [-0.25, -0.2) is 4.98 Å². The van der Waals surface area contributed by atoms with Gasteiger partial charge in [0, 0.05) is 19.8 Å². The molecule has 0 unspecified atom stereocenters. The molecule has 2 aromatic heterocycles. The summed E-state index contributed by atoms with van der Waals surface area (Å²) in [4.78, 5) is 4.29. The van der Waals surface area contributed by atoms with E-state index in [9.17, 15) is 0 Å². The van der Waals surface area contributed by atoms with Crippen LogP contribution in [0.3, 0.4) is 0 Å². The molecule has 3 aromatic rings. The molecule has 5 heteroatoms. The summed E-state index contributed by atoms with van der Waals surface area (Å²) in [6.45, 7) is 1.60. The van der Waals surface area contributed by atoms with Crippen LogP contribution in [-0.2, 0) is 20.1 Å². The van der Waals surface area contributed by atoms with Gasteiger partial charge < -0.3 is 9.88 Å². The number of para-hydroxylation sites is 1. The molecule has 0 aliphatic carbocycles. The van der Waals surface area contributed by atoms with Crippen LogP contribution in [0.2, 0.25) is 0 Å². The molecule has 98 valence electrons. The maximum Gasteiger partial charge on any atom is 0.146 e. The van der Waals surface area contributed by atoms with Gasteiger partial charge >= 0.3 is 0 Å². The Balaban J connectivity index is 2.06. The van der Waals surface area contributed by atoms with Crippen molar-refractivity contribution in [2.75, 3.05) is 7.05 Å². The summed E-state index contributed by atoms with van der Waals surface area (Å²) in [5.74, 6) is 0.955. The fourth-order valence-electron chi connectivity index (χ4n) is 2.42. The highest BCUT2D eigenvalue weighted by Crippen LogP contribution is 2.21. The molecule has 19 heavy (non-hydrogen) atoms. The predicted octanol–water partition coefficient (Wildman–Crippen LogP) is 1.54. The molecular formula is C14H17N5. The van der Waals surface area contributed by atoms with Crippen LogP contribution in [0.4, 0.5) is 0 Å². The van der Waals surface area contributed by atoms with E-state index in [1.54, 1.807) is 6.33 Å². The third-order valence-corrected chi connectivity index (χ3v) is 3.36. The number of aryl methyl sites for hydroxylation is 1. The lowest BCUT2D eigenvalue weighted by molar-refractivity contribution is 0.662. The van der Waals surface area contributed by atoms with Gasteiger partial charge in [0.25, 0.3) is 0 Å². The summed E-state index contributed by atoms with van der Waals surface area (Å²) in [5.41, 5.74) is 2.56. The van der Waals surface area contributed by atoms with Crippen molar-refractivity contribution in [2.45, 2.75) is 13.1 Å². The Labute approximate surface area is 111 Å². The van der Waals surface area contributed by atoms with Crippen LogP contribution in [0.1, 0.15) is 11.4 Å². The van der Waals surface area contributed by atoms with E-state index in [-0.39, 0.29) is 0 Å². The van der Waals surface area contributed by atoms with Crippen LogP contribution in [0.25, 0.3) is 10.9 Å². The van der Waals surface area contributed by atoms with Crippen molar-refractivity contribution in [1.29, 1.82) is 0 Å². The Hall–Kier alpha value is -2.14. The highest BCUT2D eigenvalue weighted by Gasteiger charge is 2.08. The van der Waals surface area contributed by atoms with E-state index in [1.807, 2.05) is 18.8 Å². The van der Waals surface area contributed by atoms with Crippen LogP contribution in [0, 0.1) is 0 Å². The van der Waals surface area contributed by atoms with E-state index in [2.05, 4.69) is 50.4 Å². The number of benzene rings is 1. The third-order valence-electron chi connectivity index (χ3n) is 3.36. The Bertz CT molecular complexity index is 695. The Morgan fingerprint density at radius 1 is 1.26 bits per heavy atom. The second kappa shape index (κ2) is 4.85. The predicted molar refractivity (Wildman–Crippen MR) is 74.8 cm³/mol. The number of hydrogen-bond donors (Lipinski definition) is 1. The molecule has 1 N–H and O–H groups in total. The van der Waals surface area contributed by atoms with Gasteiger partial charge in [-0.1, -0.05) is 18.2 Å². The first kappa shape index (κ1) is 11.9. The number of nitrogens with zero attached hydrogens (tertiary/aromatic N) is 4. The van der Waals surface area contributed by atoms with Crippen LogP contribution in [-0.4, -0.2) is 26.4 Å². The van der Waals surface area contributed by atoms with Crippen molar-refractivity contribution in [1.82, 2.24) is 24.6 Å². The first-order chi connectivity index (χ1) is 9.29. The minimum atomic E-state index is 0.737. The molecule has 0 spiro atoms. The topological polar surface area (TPSA) is 47.7 Å². The average Bonchev–Trinajstić information content (AvgIpc) is 2.99. The Morgan fingerprint density at radius 2 is 2.16 bits per heavy atom. The van der Waals surface area contributed by atoms with Gasteiger partial charge in [-0.3, -0.25) is 4.68 Å². The summed E-state index contributed by atoms with van der Waals surface area (Å²) in [5, 5.41) is 8.59. The van der Waals surface area contributed by atoms with Gasteiger partial charge in [0.1, 0.15) is 12.2 Å². The van der Waals surface area contributed by atoms with E-state index < -0.39 is 0 Å². The van der Waals surface area contributed by atoms with Crippen molar-refractivity contribution >= 4 is 10.9 Å². The standard InChI is InChI=1S/C14H17N5/c1-15-8-12-5-3-4-11-6-7-19(14(11)12)9-13-16-10-17-18(13)2/h3-7,10,15H,8-9H2,1-2H3. The molecule has 1 aromatic carbocycles. The first-order valence-electron chi connectivity index (χ1n) is 6.34. The van der Waals surface area contributed by atoms with E-state index >= 15 is 0 Å². The second-order valence-electron chi connectivity index (χ2n) is 4.63. The number of aromatic nitrogens is 4. The summed E-state index contributed by atoms with van der Waals surface area (Å²) in [6.07, 6.45) is 3.70. The SMILES string of the molecule is CNCc1cccc2ccn(Cc3ncnn3C)c12. The van der Waals surface area contributed by atoms with Crippen LogP contribution in [0.5, 0.6) is 0 Å². The monoisotopic (exact) mass is 255 g/mol. The van der Waals surface area contributed by atoms with Crippen LogP contribution in [0.15, 0.2) is 36.8 Å². The zero-order valence-electron chi connectivity index (χ0n) is 11.2. The second-order valence-corrected chi connectivity index (χ2v) is 4.63. The van der Waals surface area contributed by atoms with Crippen molar-refractivity contribution in [2.24, 2.45) is 7.05 Å². The molecule has 3 rings (SSSR count). The lowest BCUT2D eigenvalue weighted by Gasteiger charge is -2.09. The molecule has 0 saturated carbocycles. The van der Waals surface area contributed by atoms with Gasteiger partial charge in [0.05, 0.1) is 12.1 Å². The van der Waals surface area contributed by atoms with Crippen molar-refractivity contribution in [3.8, 4) is 0 Å². The summed E-state index contributed by atoms with van der Waals surface area (Å²) in [7, 11) is 3.89. The summed E-state index contributed by atoms with van der Waals surface area (Å²) >= 11 is 0. The van der Waals surface area contributed by atoms with Gasteiger partial charge in [-0.05, 0) is 24.1 Å². The maximum absolute atomic E-state index is 4.29. The van der Waals surface area contributed by atoms with Crippen molar-refractivity contribution in [3.05, 3.63) is 48.2 Å². The molecule has 0 amide bonds. The van der Waals surface area contributed by atoms with Gasteiger partial charge in [-0.15, -0.1) is 0 Å². The molecular weight excluding hydrogens is 238 g/mol. The third kappa shape index (κ3) is 2.13. The summed E-state index contributed by atoms with van der Waals surface area (Å²) in [6, 6.07) is 8.54. The zero-order chi connectivity index (χ0) is 13.2. The first-order valence-corrected chi connectivity index (χ1v) is 6.34. The molecule has 0 atom stereocenters. The molecule has 5 nitrogen and oxygen atoms in total. The van der Waals surface area contributed by atoms with E-state index in [1.165, 1.54) is 16.5 Å². The van der Waals surface area contributed by atoms with Crippen LogP contribution < -0.4 is 5.32 Å². The number of nitrogens with one attached hydrogen (secondary N) is 1. The largest absolute Gasteiger partial charge is 0.340 e. The minimum Gasteiger partial charge on any atom is -0.340 e.